The van der Waals surface area contributed by atoms with Crippen LogP contribution in [0.4, 0.5) is 0 Å². The fourth-order valence-corrected chi connectivity index (χ4v) is 1.07. The molecule has 1 saturated carbocycles. The van der Waals surface area contributed by atoms with Crippen molar-refractivity contribution in [2.24, 2.45) is 5.92 Å². The zero-order valence-electron chi connectivity index (χ0n) is 4.82. The van der Waals surface area contributed by atoms with E-state index in [2.05, 4.69) is 6.07 Å². The maximum Gasteiger partial charge on any atom is 0.133 e. The second-order valence-corrected chi connectivity index (χ2v) is 3.09. The molecule has 0 bridgehead atoms. The summed E-state index contributed by atoms with van der Waals surface area (Å²) in [6.07, 6.45) is 1.98. The van der Waals surface area contributed by atoms with Crippen LogP contribution < -0.4 is 0 Å². The lowest BCUT2D eigenvalue weighted by atomic mass is 9.75. The SMILES string of the molecule is CC1CCC1(Cl)C#N. The minimum atomic E-state index is -0.500. The first-order valence-corrected chi connectivity index (χ1v) is 3.17. The number of rotatable bonds is 0. The van der Waals surface area contributed by atoms with Gasteiger partial charge in [0.15, 0.2) is 0 Å². The van der Waals surface area contributed by atoms with Gasteiger partial charge in [0, 0.05) is 0 Å². The minimum absolute atomic E-state index is 0.397. The van der Waals surface area contributed by atoms with Crippen molar-refractivity contribution in [3.05, 3.63) is 0 Å². The van der Waals surface area contributed by atoms with E-state index in [9.17, 15) is 0 Å². The van der Waals surface area contributed by atoms with Gasteiger partial charge in [-0.1, -0.05) is 6.92 Å². The van der Waals surface area contributed by atoms with Gasteiger partial charge in [0.2, 0.25) is 0 Å². The molecular formula is C6H8ClN. The van der Waals surface area contributed by atoms with E-state index in [1.165, 1.54) is 0 Å². The molecule has 0 heterocycles. The van der Waals surface area contributed by atoms with E-state index >= 15 is 0 Å². The lowest BCUT2D eigenvalue weighted by molar-refractivity contribution is 0.289. The zero-order valence-corrected chi connectivity index (χ0v) is 5.57. The van der Waals surface area contributed by atoms with Crippen molar-refractivity contribution in [3.8, 4) is 6.07 Å². The summed E-state index contributed by atoms with van der Waals surface area (Å²) < 4.78 is 0. The summed E-state index contributed by atoms with van der Waals surface area (Å²) in [6.45, 7) is 2.01. The summed E-state index contributed by atoms with van der Waals surface area (Å²) in [5, 5.41) is 8.43. The molecule has 0 N–H and O–H groups in total. The second-order valence-electron chi connectivity index (χ2n) is 2.41. The lowest BCUT2D eigenvalue weighted by Gasteiger charge is -2.36. The van der Waals surface area contributed by atoms with Crippen LogP contribution in [0.15, 0.2) is 0 Å². The summed E-state index contributed by atoms with van der Waals surface area (Å²) in [5.74, 6) is 0.397. The molecule has 1 rings (SSSR count). The van der Waals surface area contributed by atoms with Crippen LogP contribution in [0.5, 0.6) is 0 Å². The molecule has 2 atom stereocenters. The fourth-order valence-electron chi connectivity index (χ4n) is 0.853. The molecule has 2 heteroatoms. The molecule has 0 amide bonds. The summed E-state index contributed by atoms with van der Waals surface area (Å²) >= 11 is 5.78. The first kappa shape index (κ1) is 5.91. The molecular weight excluding hydrogens is 122 g/mol. The molecule has 0 aromatic carbocycles. The zero-order chi connectivity index (χ0) is 6.20. The Morgan fingerprint density at radius 2 is 2.50 bits per heavy atom. The number of nitrogens with zero attached hydrogens (tertiary/aromatic N) is 1. The van der Waals surface area contributed by atoms with Gasteiger partial charge in [-0.15, -0.1) is 11.6 Å². The van der Waals surface area contributed by atoms with Crippen LogP contribution in [0.25, 0.3) is 0 Å². The van der Waals surface area contributed by atoms with E-state index in [0.29, 0.717) is 5.92 Å². The normalized spacial score (nSPS) is 44.9. The summed E-state index contributed by atoms with van der Waals surface area (Å²) in [6, 6.07) is 2.09. The first-order chi connectivity index (χ1) is 3.69. The van der Waals surface area contributed by atoms with Crippen LogP contribution in [-0.2, 0) is 0 Å². The molecule has 2 unspecified atom stereocenters. The van der Waals surface area contributed by atoms with Crippen LogP contribution in [0.1, 0.15) is 19.8 Å². The first-order valence-electron chi connectivity index (χ1n) is 2.79. The highest BCUT2D eigenvalue weighted by molar-refractivity contribution is 6.26. The fraction of sp³-hybridized carbons (Fsp3) is 0.833. The van der Waals surface area contributed by atoms with E-state index < -0.39 is 4.87 Å². The van der Waals surface area contributed by atoms with Gasteiger partial charge in [0.1, 0.15) is 4.87 Å². The summed E-state index contributed by atoms with van der Waals surface area (Å²) in [5.41, 5.74) is 0. The van der Waals surface area contributed by atoms with Crippen LogP contribution in [-0.4, -0.2) is 4.87 Å². The van der Waals surface area contributed by atoms with Crippen LogP contribution in [0.3, 0.4) is 0 Å². The smallest absolute Gasteiger partial charge is 0.133 e. The predicted octanol–water partition coefficient (Wildman–Crippen LogP) is 1.92. The standard InChI is InChI=1S/C6H8ClN/c1-5-2-3-6(5,7)4-8/h5H,2-3H2,1H3. The lowest BCUT2D eigenvalue weighted by Crippen LogP contribution is -2.38. The van der Waals surface area contributed by atoms with Gasteiger partial charge in [-0.25, -0.2) is 0 Å². The molecule has 44 valence electrons. The molecule has 1 aliphatic rings. The molecule has 0 aromatic heterocycles. The van der Waals surface area contributed by atoms with Gasteiger partial charge in [0.25, 0.3) is 0 Å². The second kappa shape index (κ2) is 1.63. The Balaban J connectivity index is 2.59. The van der Waals surface area contributed by atoms with Gasteiger partial charge in [-0.05, 0) is 18.8 Å². The highest BCUT2D eigenvalue weighted by atomic mass is 35.5. The van der Waals surface area contributed by atoms with Crippen LogP contribution in [0.2, 0.25) is 0 Å². The van der Waals surface area contributed by atoms with Crippen LogP contribution >= 0.6 is 11.6 Å². The quantitative estimate of drug-likeness (QED) is 0.459. The molecule has 1 nitrogen and oxygen atoms in total. The molecule has 0 saturated heterocycles. The van der Waals surface area contributed by atoms with E-state index in [-0.39, 0.29) is 0 Å². The Labute approximate surface area is 54.3 Å². The molecule has 8 heavy (non-hydrogen) atoms. The summed E-state index contributed by atoms with van der Waals surface area (Å²) in [4.78, 5) is -0.500. The maximum absolute atomic E-state index is 8.43. The molecule has 0 aliphatic heterocycles. The number of alkyl halides is 1. The molecule has 0 spiro atoms. The van der Waals surface area contributed by atoms with Crippen molar-refractivity contribution in [2.75, 3.05) is 0 Å². The van der Waals surface area contributed by atoms with E-state index in [4.69, 9.17) is 16.9 Å². The van der Waals surface area contributed by atoms with Crippen molar-refractivity contribution in [1.82, 2.24) is 0 Å². The van der Waals surface area contributed by atoms with E-state index in [0.717, 1.165) is 12.8 Å². The Hall–Kier alpha value is -0.220. The topological polar surface area (TPSA) is 23.8 Å². The Morgan fingerprint density at radius 3 is 2.50 bits per heavy atom. The highest BCUT2D eigenvalue weighted by Gasteiger charge is 2.42. The monoisotopic (exact) mass is 129 g/mol. The van der Waals surface area contributed by atoms with Crippen molar-refractivity contribution in [2.45, 2.75) is 24.6 Å². The molecule has 1 fully saturated rings. The Bertz CT molecular complexity index is 138. The number of nitriles is 1. The third-order valence-electron chi connectivity index (χ3n) is 1.91. The van der Waals surface area contributed by atoms with Gasteiger partial charge >= 0.3 is 0 Å². The van der Waals surface area contributed by atoms with Crippen molar-refractivity contribution in [3.63, 3.8) is 0 Å². The number of hydrogen-bond acceptors (Lipinski definition) is 1. The Kier molecular flexibility index (Phi) is 1.21. The van der Waals surface area contributed by atoms with Crippen molar-refractivity contribution >= 4 is 11.6 Å². The van der Waals surface area contributed by atoms with Gasteiger partial charge in [-0.2, -0.15) is 5.26 Å². The maximum atomic E-state index is 8.43. The number of hydrogen-bond donors (Lipinski definition) is 0. The average molecular weight is 130 g/mol. The van der Waals surface area contributed by atoms with E-state index in [1.807, 2.05) is 6.92 Å². The van der Waals surface area contributed by atoms with Crippen molar-refractivity contribution < 1.29 is 0 Å². The minimum Gasteiger partial charge on any atom is -0.196 e. The van der Waals surface area contributed by atoms with Gasteiger partial charge in [-0.3, -0.25) is 0 Å². The largest absolute Gasteiger partial charge is 0.196 e. The molecule has 1 aliphatic carbocycles. The summed E-state index contributed by atoms with van der Waals surface area (Å²) in [7, 11) is 0. The van der Waals surface area contributed by atoms with Crippen molar-refractivity contribution in [1.29, 1.82) is 5.26 Å². The molecule has 0 aromatic rings. The van der Waals surface area contributed by atoms with Crippen LogP contribution in [0, 0.1) is 17.2 Å². The molecule has 0 radical (unpaired) electrons. The highest BCUT2D eigenvalue weighted by Crippen LogP contribution is 2.42. The van der Waals surface area contributed by atoms with Gasteiger partial charge < -0.3 is 0 Å². The van der Waals surface area contributed by atoms with Gasteiger partial charge in [0.05, 0.1) is 6.07 Å². The predicted molar refractivity (Wildman–Crippen MR) is 32.6 cm³/mol. The Morgan fingerprint density at radius 1 is 1.88 bits per heavy atom. The van der Waals surface area contributed by atoms with E-state index in [1.54, 1.807) is 0 Å². The number of halogens is 1. The average Bonchev–Trinajstić information content (AvgIpc) is 1.83. The third-order valence-corrected chi connectivity index (χ3v) is 2.55. The third kappa shape index (κ3) is 0.605.